The molecule has 2 N–H and O–H groups in total. The molecular weight excluding hydrogens is 170 g/mol. The summed E-state index contributed by atoms with van der Waals surface area (Å²) < 4.78 is 0. The van der Waals surface area contributed by atoms with E-state index in [0.29, 0.717) is 5.69 Å². The lowest BCUT2D eigenvalue weighted by molar-refractivity contribution is 1.16. The van der Waals surface area contributed by atoms with Gasteiger partial charge >= 0.3 is 0 Å². The predicted octanol–water partition coefficient (Wildman–Crippen LogP) is 0.730. The van der Waals surface area contributed by atoms with Gasteiger partial charge in [0.2, 0.25) is 5.95 Å². The summed E-state index contributed by atoms with van der Waals surface area (Å²) in [6.45, 7) is 0. The molecule has 62 valence electrons. The molecule has 0 radical (unpaired) electrons. The van der Waals surface area contributed by atoms with Crippen LogP contribution in [0.5, 0.6) is 0 Å². The van der Waals surface area contributed by atoms with Gasteiger partial charge in [-0.05, 0) is 12.0 Å². The summed E-state index contributed by atoms with van der Waals surface area (Å²) in [5, 5.41) is 0. The maximum atomic E-state index is 5.36. The van der Waals surface area contributed by atoms with Crippen LogP contribution in [-0.4, -0.2) is 15.7 Å². The zero-order valence-corrected chi connectivity index (χ0v) is 7.38. The van der Waals surface area contributed by atoms with Crippen LogP contribution >= 0.6 is 12.6 Å². The normalized spacial score (nSPS) is 8.75. The van der Waals surface area contributed by atoms with E-state index >= 15 is 0 Å². The van der Waals surface area contributed by atoms with Gasteiger partial charge in [0, 0.05) is 18.4 Å². The van der Waals surface area contributed by atoms with Crippen LogP contribution in [0, 0.1) is 11.8 Å². The number of thiol groups is 1. The van der Waals surface area contributed by atoms with Gasteiger partial charge in [-0.15, -0.1) is 0 Å². The Morgan fingerprint density at radius 2 is 2.42 bits per heavy atom. The van der Waals surface area contributed by atoms with Crippen LogP contribution in [0.3, 0.4) is 0 Å². The summed E-state index contributed by atoms with van der Waals surface area (Å²) >= 11 is 4.03. The van der Waals surface area contributed by atoms with Crippen molar-refractivity contribution in [3.63, 3.8) is 0 Å². The minimum absolute atomic E-state index is 0.257. The molecule has 12 heavy (non-hydrogen) atoms. The second-order valence-electron chi connectivity index (χ2n) is 2.08. The van der Waals surface area contributed by atoms with Crippen molar-refractivity contribution < 1.29 is 0 Å². The van der Waals surface area contributed by atoms with Crippen LogP contribution in [-0.2, 0) is 0 Å². The van der Waals surface area contributed by atoms with E-state index in [1.54, 1.807) is 12.3 Å². The Hall–Kier alpha value is -1.21. The lowest BCUT2D eigenvalue weighted by atomic mass is 10.4. The van der Waals surface area contributed by atoms with Crippen LogP contribution in [0.25, 0.3) is 0 Å². The highest BCUT2D eigenvalue weighted by atomic mass is 32.1. The Morgan fingerprint density at radius 3 is 3.08 bits per heavy atom. The van der Waals surface area contributed by atoms with Crippen LogP contribution < -0.4 is 5.73 Å². The molecule has 1 heterocycles. The first-order valence-electron chi connectivity index (χ1n) is 3.51. The lowest BCUT2D eigenvalue weighted by Gasteiger charge is -1.89. The first-order chi connectivity index (χ1) is 5.83. The van der Waals surface area contributed by atoms with Crippen molar-refractivity contribution in [2.45, 2.75) is 6.42 Å². The molecule has 0 saturated heterocycles. The minimum Gasteiger partial charge on any atom is -0.368 e. The van der Waals surface area contributed by atoms with Crippen molar-refractivity contribution in [1.29, 1.82) is 0 Å². The molecule has 0 aliphatic rings. The number of anilines is 1. The van der Waals surface area contributed by atoms with Gasteiger partial charge in [0.15, 0.2) is 0 Å². The molecule has 0 bridgehead atoms. The van der Waals surface area contributed by atoms with Crippen LogP contribution in [0.4, 0.5) is 5.95 Å². The van der Waals surface area contributed by atoms with Gasteiger partial charge in [0.1, 0.15) is 5.69 Å². The van der Waals surface area contributed by atoms with Crippen molar-refractivity contribution in [2.24, 2.45) is 0 Å². The quantitative estimate of drug-likeness (QED) is 0.493. The van der Waals surface area contributed by atoms with Crippen LogP contribution in [0.15, 0.2) is 12.3 Å². The van der Waals surface area contributed by atoms with Gasteiger partial charge in [0.25, 0.3) is 0 Å². The Balaban J connectivity index is 2.71. The molecule has 0 atom stereocenters. The molecule has 0 aliphatic carbocycles. The summed E-state index contributed by atoms with van der Waals surface area (Å²) in [7, 11) is 0. The zero-order valence-electron chi connectivity index (χ0n) is 6.49. The van der Waals surface area contributed by atoms with E-state index in [9.17, 15) is 0 Å². The summed E-state index contributed by atoms with van der Waals surface area (Å²) in [6, 6.07) is 1.72. The maximum Gasteiger partial charge on any atom is 0.221 e. The van der Waals surface area contributed by atoms with E-state index < -0.39 is 0 Å². The number of nitrogen functional groups attached to an aromatic ring is 1. The highest BCUT2D eigenvalue weighted by Gasteiger charge is 1.88. The van der Waals surface area contributed by atoms with E-state index in [-0.39, 0.29) is 5.95 Å². The molecule has 1 rings (SSSR count). The zero-order chi connectivity index (χ0) is 8.81. The fraction of sp³-hybridized carbons (Fsp3) is 0.250. The molecule has 3 nitrogen and oxygen atoms in total. The largest absolute Gasteiger partial charge is 0.368 e. The lowest BCUT2D eigenvalue weighted by Crippen LogP contribution is -1.94. The van der Waals surface area contributed by atoms with Gasteiger partial charge in [0.05, 0.1) is 0 Å². The second-order valence-corrected chi connectivity index (χ2v) is 2.52. The first kappa shape index (κ1) is 8.88. The molecular formula is C8H9N3S. The maximum absolute atomic E-state index is 5.36. The van der Waals surface area contributed by atoms with E-state index in [1.165, 1.54) is 0 Å². The first-order valence-corrected chi connectivity index (χ1v) is 4.14. The highest BCUT2D eigenvalue weighted by molar-refractivity contribution is 7.80. The number of hydrogen-bond donors (Lipinski definition) is 2. The third-order valence-electron chi connectivity index (χ3n) is 1.13. The standard InChI is InChI=1S/C8H9N3S/c9-8-10-5-4-7(11-8)3-1-2-6-12/h4-5,12H,2,6H2,(H2,9,10,11). The number of rotatable bonds is 1. The summed E-state index contributed by atoms with van der Waals surface area (Å²) in [6.07, 6.45) is 2.35. The molecule has 0 aliphatic heterocycles. The number of nitrogens with zero attached hydrogens (tertiary/aromatic N) is 2. The molecule has 0 unspecified atom stereocenters. The van der Waals surface area contributed by atoms with E-state index in [0.717, 1.165) is 12.2 Å². The molecule has 1 aromatic heterocycles. The molecule has 4 heteroatoms. The Morgan fingerprint density at radius 1 is 1.58 bits per heavy atom. The predicted molar refractivity (Wildman–Crippen MR) is 51.8 cm³/mol. The van der Waals surface area contributed by atoms with E-state index in [2.05, 4.69) is 34.4 Å². The molecule has 0 aromatic carbocycles. The van der Waals surface area contributed by atoms with Gasteiger partial charge in [-0.1, -0.05) is 5.92 Å². The average Bonchev–Trinajstić information content (AvgIpc) is 2.05. The van der Waals surface area contributed by atoms with Crippen molar-refractivity contribution in [2.75, 3.05) is 11.5 Å². The van der Waals surface area contributed by atoms with Crippen molar-refractivity contribution in [3.8, 4) is 11.8 Å². The molecule has 0 fully saturated rings. The molecule has 1 aromatic rings. The average molecular weight is 179 g/mol. The summed E-state index contributed by atoms with van der Waals surface area (Å²) in [4.78, 5) is 7.66. The second kappa shape index (κ2) is 4.62. The third-order valence-corrected chi connectivity index (χ3v) is 1.35. The Kier molecular flexibility index (Phi) is 3.42. The van der Waals surface area contributed by atoms with Gasteiger partial charge in [-0.3, -0.25) is 0 Å². The minimum atomic E-state index is 0.257. The van der Waals surface area contributed by atoms with Gasteiger partial charge in [-0.25, -0.2) is 9.97 Å². The number of aromatic nitrogens is 2. The Bertz CT molecular complexity index is 314. The van der Waals surface area contributed by atoms with E-state index in [4.69, 9.17) is 5.73 Å². The SMILES string of the molecule is Nc1nccc(C#CCCS)n1. The van der Waals surface area contributed by atoms with E-state index in [1.807, 2.05) is 0 Å². The number of hydrogen-bond acceptors (Lipinski definition) is 4. The van der Waals surface area contributed by atoms with Crippen molar-refractivity contribution in [1.82, 2.24) is 9.97 Å². The molecule has 0 saturated carbocycles. The monoisotopic (exact) mass is 179 g/mol. The molecule has 0 spiro atoms. The topological polar surface area (TPSA) is 51.8 Å². The Labute approximate surface area is 76.8 Å². The summed E-state index contributed by atoms with van der Waals surface area (Å²) in [5.41, 5.74) is 6.01. The van der Waals surface area contributed by atoms with Gasteiger partial charge < -0.3 is 5.73 Å². The smallest absolute Gasteiger partial charge is 0.221 e. The van der Waals surface area contributed by atoms with Crippen molar-refractivity contribution >= 4 is 18.6 Å². The van der Waals surface area contributed by atoms with Crippen LogP contribution in [0.1, 0.15) is 12.1 Å². The van der Waals surface area contributed by atoms with Gasteiger partial charge in [-0.2, -0.15) is 12.6 Å². The van der Waals surface area contributed by atoms with Crippen molar-refractivity contribution in [3.05, 3.63) is 18.0 Å². The number of nitrogens with two attached hydrogens (primary N) is 1. The third kappa shape index (κ3) is 2.81. The molecule has 0 amide bonds. The fourth-order valence-electron chi connectivity index (χ4n) is 0.652. The van der Waals surface area contributed by atoms with Crippen LogP contribution in [0.2, 0.25) is 0 Å². The fourth-order valence-corrected chi connectivity index (χ4v) is 0.764. The highest BCUT2D eigenvalue weighted by Crippen LogP contribution is 1.93. The summed E-state index contributed by atoms with van der Waals surface area (Å²) in [5.74, 6) is 6.78.